The molecule has 1 amide bonds. The minimum absolute atomic E-state index is 0.217. The van der Waals surface area contributed by atoms with E-state index in [1.165, 1.54) is 7.11 Å². The molecule has 0 saturated heterocycles. The van der Waals surface area contributed by atoms with Crippen LogP contribution in [-0.4, -0.2) is 36.4 Å². The number of ether oxygens (including phenoxy) is 2. The van der Waals surface area contributed by atoms with Gasteiger partial charge in [-0.15, -0.1) is 0 Å². The van der Waals surface area contributed by atoms with Gasteiger partial charge in [-0.05, 0) is 50.2 Å². The molecule has 32 heavy (non-hydrogen) atoms. The molecule has 1 aromatic heterocycles. The van der Waals surface area contributed by atoms with Crippen LogP contribution in [0.4, 0.5) is 0 Å². The molecule has 0 aliphatic heterocycles. The van der Waals surface area contributed by atoms with Crippen LogP contribution in [0.3, 0.4) is 0 Å². The molecule has 1 heterocycles. The molecule has 0 aliphatic rings. The maximum absolute atomic E-state index is 12.0. The van der Waals surface area contributed by atoms with Crippen molar-refractivity contribution >= 4 is 41.3 Å². The Morgan fingerprint density at radius 3 is 2.53 bits per heavy atom. The predicted molar refractivity (Wildman–Crippen MR) is 124 cm³/mol. The van der Waals surface area contributed by atoms with Crippen molar-refractivity contribution in [3.8, 4) is 11.4 Å². The third-order valence-electron chi connectivity index (χ3n) is 4.67. The van der Waals surface area contributed by atoms with E-state index in [0.717, 1.165) is 22.6 Å². The molecular formula is C23H21Cl2N3O4. The van der Waals surface area contributed by atoms with Crippen molar-refractivity contribution < 1.29 is 19.1 Å². The van der Waals surface area contributed by atoms with Crippen LogP contribution < -0.4 is 10.2 Å². The first-order chi connectivity index (χ1) is 15.3. The Kier molecular flexibility index (Phi) is 7.56. The van der Waals surface area contributed by atoms with Crippen LogP contribution in [0, 0.1) is 13.8 Å². The third-order valence-corrected chi connectivity index (χ3v) is 5.30. The van der Waals surface area contributed by atoms with Crippen LogP contribution in [0.1, 0.15) is 27.3 Å². The van der Waals surface area contributed by atoms with Crippen molar-refractivity contribution in [2.45, 2.75) is 13.8 Å². The van der Waals surface area contributed by atoms with E-state index in [2.05, 4.69) is 10.5 Å². The van der Waals surface area contributed by atoms with Crippen LogP contribution >= 0.6 is 23.2 Å². The molecule has 2 aromatic carbocycles. The number of aryl methyl sites for hydroxylation is 1. The smallest absolute Gasteiger partial charge is 0.339 e. The molecule has 0 aliphatic carbocycles. The van der Waals surface area contributed by atoms with Gasteiger partial charge >= 0.3 is 5.97 Å². The second-order valence-electron chi connectivity index (χ2n) is 6.83. The first kappa shape index (κ1) is 23.4. The molecule has 166 valence electrons. The average molecular weight is 474 g/mol. The Balaban J connectivity index is 1.69. The Hall–Kier alpha value is -3.29. The predicted octanol–water partition coefficient (Wildman–Crippen LogP) is 4.72. The SMILES string of the molecule is COC(=O)c1ccc(-n2c(C)cc(/C=N\NC(=O)COc3ccccc3Cl)c2C)cc1Cl. The largest absolute Gasteiger partial charge is 0.482 e. The Morgan fingerprint density at radius 2 is 1.84 bits per heavy atom. The zero-order valence-electron chi connectivity index (χ0n) is 17.7. The number of carbonyl (C=O) groups excluding carboxylic acids is 2. The molecule has 0 atom stereocenters. The number of hydrogen-bond donors (Lipinski definition) is 1. The number of esters is 1. The number of aromatic nitrogens is 1. The van der Waals surface area contributed by atoms with Crippen LogP contribution in [0.2, 0.25) is 10.0 Å². The topological polar surface area (TPSA) is 81.9 Å². The van der Waals surface area contributed by atoms with Crippen molar-refractivity contribution in [1.82, 2.24) is 9.99 Å². The summed E-state index contributed by atoms with van der Waals surface area (Å²) in [5, 5.41) is 4.73. The monoisotopic (exact) mass is 473 g/mol. The van der Waals surface area contributed by atoms with E-state index < -0.39 is 11.9 Å². The molecule has 0 bridgehead atoms. The van der Waals surface area contributed by atoms with Gasteiger partial charge in [0.25, 0.3) is 5.91 Å². The van der Waals surface area contributed by atoms with E-state index in [0.29, 0.717) is 21.4 Å². The summed E-state index contributed by atoms with van der Waals surface area (Å²) in [5.74, 6) is -0.488. The molecule has 3 aromatic rings. The van der Waals surface area contributed by atoms with E-state index in [9.17, 15) is 9.59 Å². The summed E-state index contributed by atoms with van der Waals surface area (Å²) < 4.78 is 12.1. The lowest BCUT2D eigenvalue weighted by Gasteiger charge is -2.11. The van der Waals surface area contributed by atoms with Crippen LogP contribution in [0.25, 0.3) is 5.69 Å². The molecule has 0 radical (unpaired) electrons. The summed E-state index contributed by atoms with van der Waals surface area (Å²) in [5.41, 5.74) is 6.14. The van der Waals surface area contributed by atoms with Crippen LogP contribution in [0.5, 0.6) is 5.75 Å². The van der Waals surface area contributed by atoms with Gasteiger partial charge in [-0.1, -0.05) is 35.3 Å². The number of hydrogen-bond acceptors (Lipinski definition) is 5. The number of amides is 1. The number of benzene rings is 2. The summed E-state index contributed by atoms with van der Waals surface area (Å²) in [6.07, 6.45) is 1.55. The Morgan fingerprint density at radius 1 is 1.09 bits per heavy atom. The minimum Gasteiger partial charge on any atom is -0.482 e. The number of hydrazone groups is 1. The van der Waals surface area contributed by atoms with Gasteiger partial charge in [0, 0.05) is 22.6 Å². The van der Waals surface area contributed by atoms with Crippen molar-refractivity contribution in [2.24, 2.45) is 5.10 Å². The highest BCUT2D eigenvalue weighted by Crippen LogP contribution is 2.25. The van der Waals surface area contributed by atoms with Gasteiger partial charge < -0.3 is 14.0 Å². The third kappa shape index (κ3) is 5.30. The fraction of sp³-hybridized carbons (Fsp3) is 0.174. The van der Waals surface area contributed by atoms with Crippen molar-refractivity contribution in [2.75, 3.05) is 13.7 Å². The Bertz CT molecular complexity index is 1190. The van der Waals surface area contributed by atoms with Gasteiger partial charge in [-0.25, -0.2) is 10.2 Å². The molecule has 1 N–H and O–H groups in total. The van der Waals surface area contributed by atoms with Gasteiger partial charge in [-0.2, -0.15) is 5.10 Å². The average Bonchev–Trinajstić information content (AvgIpc) is 3.05. The fourth-order valence-electron chi connectivity index (χ4n) is 3.15. The summed E-state index contributed by atoms with van der Waals surface area (Å²) in [7, 11) is 1.31. The summed E-state index contributed by atoms with van der Waals surface area (Å²) in [4.78, 5) is 23.8. The normalized spacial score (nSPS) is 10.9. The number of methoxy groups -OCH3 is 1. The number of halogens is 2. The molecular weight excluding hydrogens is 453 g/mol. The maximum Gasteiger partial charge on any atom is 0.339 e. The summed E-state index contributed by atoms with van der Waals surface area (Å²) >= 11 is 12.3. The van der Waals surface area contributed by atoms with E-state index >= 15 is 0 Å². The first-order valence-electron chi connectivity index (χ1n) is 9.58. The van der Waals surface area contributed by atoms with Gasteiger partial charge in [-0.3, -0.25) is 4.79 Å². The highest BCUT2D eigenvalue weighted by Gasteiger charge is 2.14. The van der Waals surface area contributed by atoms with Crippen molar-refractivity contribution in [3.05, 3.63) is 81.1 Å². The van der Waals surface area contributed by atoms with Gasteiger partial charge in [0.05, 0.1) is 28.9 Å². The first-order valence-corrected chi connectivity index (χ1v) is 10.3. The van der Waals surface area contributed by atoms with E-state index in [4.69, 9.17) is 32.7 Å². The van der Waals surface area contributed by atoms with Crippen molar-refractivity contribution in [3.63, 3.8) is 0 Å². The lowest BCUT2D eigenvalue weighted by atomic mass is 10.2. The van der Waals surface area contributed by atoms with Gasteiger partial charge in [0.15, 0.2) is 6.61 Å². The van der Waals surface area contributed by atoms with Crippen LogP contribution in [-0.2, 0) is 9.53 Å². The van der Waals surface area contributed by atoms with Crippen LogP contribution in [0.15, 0.2) is 53.6 Å². The molecule has 7 nitrogen and oxygen atoms in total. The lowest BCUT2D eigenvalue weighted by molar-refractivity contribution is -0.123. The van der Waals surface area contributed by atoms with E-state index in [-0.39, 0.29) is 6.61 Å². The van der Waals surface area contributed by atoms with E-state index in [1.807, 2.05) is 24.5 Å². The zero-order chi connectivity index (χ0) is 23.3. The molecule has 9 heteroatoms. The number of nitrogens with one attached hydrogen (secondary N) is 1. The molecule has 0 saturated carbocycles. The number of rotatable bonds is 7. The molecule has 0 spiro atoms. The number of carbonyl (C=O) groups is 2. The van der Waals surface area contributed by atoms with Gasteiger partial charge in [0.2, 0.25) is 0 Å². The second-order valence-corrected chi connectivity index (χ2v) is 7.64. The van der Waals surface area contributed by atoms with E-state index in [1.54, 1.807) is 48.7 Å². The zero-order valence-corrected chi connectivity index (χ0v) is 19.2. The highest BCUT2D eigenvalue weighted by molar-refractivity contribution is 6.33. The van der Waals surface area contributed by atoms with Crippen molar-refractivity contribution in [1.29, 1.82) is 0 Å². The number of nitrogens with zero attached hydrogens (tertiary/aromatic N) is 2. The van der Waals surface area contributed by atoms with Gasteiger partial charge in [0.1, 0.15) is 5.75 Å². The Labute approximate surface area is 195 Å². The quantitative estimate of drug-likeness (QED) is 0.305. The highest BCUT2D eigenvalue weighted by atomic mass is 35.5. The summed E-state index contributed by atoms with van der Waals surface area (Å²) in [6, 6.07) is 13.9. The second kappa shape index (κ2) is 10.3. The fourth-order valence-corrected chi connectivity index (χ4v) is 3.59. The molecule has 0 fully saturated rings. The standard InChI is InChI=1S/C23H21Cl2N3O4/c1-14-10-16(12-26-27-22(29)13-32-21-7-5-4-6-19(21)24)15(2)28(14)17-8-9-18(20(25)11-17)23(30)31-3/h4-12H,13H2,1-3H3,(H,27,29)/b26-12-. The number of para-hydroxylation sites is 1. The maximum atomic E-state index is 12.0. The lowest BCUT2D eigenvalue weighted by Crippen LogP contribution is -2.24. The molecule has 0 unspecified atom stereocenters. The summed E-state index contributed by atoms with van der Waals surface area (Å²) in [6.45, 7) is 3.63. The molecule has 3 rings (SSSR count). The minimum atomic E-state index is -0.496.